The van der Waals surface area contributed by atoms with Crippen LogP contribution in [0.15, 0.2) is 46.9 Å². The summed E-state index contributed by atoms with van der Waals surface area (Å²) in [5, 5.41) is 0.575. The maximum Gasteiger partial charge on any atom is 0.137 e. The molecule has 2 N–H and O–H groups in total. The number of ether oxygens (including phenoxy) is 1. The van der Waals surface area contributed by atoms with E-state index in [-0.39, 0.29) is 12.4 Å². The van der Waals surface area contributed by atoms with Crippen LogP contribution >= 0.6 is 27.5 Å². The van der Waals surface area contributed by atoms with Crippen LogP contribution in [0.4, 0.5) is 4.39 Å². The van der Waals surface area contributed by atoms with E-state index >= 15 is 0 Å². The molecule has 0 spiro atoms. The molecule has 2 aromatic rings. The fourth-order valence-electron chi connectivity index (χ4n) is 1.70. The van der Waals surface area contributed by atoms with Crippen molar-refractivity contribution in [1.29, 1.82) is 0 Å². The van der Waals surface area contributed by atoms with Crippen LogP contribution in [0.2, 0.25) is 5.02 Å². The average Bonchev–Trinajstić information content (AvgIpc) is 2.41. The van der Waals surface area contributed by atoms with Gasteiger partial charge in [0.1, 0.15) is 17.7 Å². The van der Waals surface area contributed by atoms with Crippen molar-refractivity contribution in [2.45, 2.75) is 6.10 Å². The highest BCUT2D eigenvalue weighted by molar-refractivity contribution is 9.10. The zero-order valence-corrected chi connectivity index (χ0v) is 12.3. The number of hydrogen-bond donors (Lipinski definition) is 1. The number of benzene rings is 2. The molecule has 0 saturated heterocycles. The maximum atomic E-state index is 13.2. The molecule has 19 heavy (non-hydrogen) atoms. The standard InChI is InChI=1S/C14H12BrClFNO/c15-11-6-5-9(17)7-13(11)19-14(8-18)10-3-1-2-4-12(10)16/h1-7,14H,8,18H2. The molecule has 1 atom stereocenters. The third-order valence-corrected chi connectivity index (χ3v) is 3.63. The number of halogens is 3. The minimum atomic E-state index is -0.424. The van der Waals surface area contributed by atoms with Crippen LogP contribution in [0, 0.1) is 5.82 Å². The Morgan fingerprint density at radius 3 is 2.68 bits per heavy atom. The first kappa shape index (κ1) is 14.3. The van der Waals surface area contributed by atoms with E-state index in [4.69, 9.17) is 22.1 Å². The summed E-state index contributed by atoms with van der Waals surface area (Å²) < 4.78 is 19.6. The van der Waals surface area contributed by atoms with Crippen molar-refractivity contribution in [2.75, 3.05) is 6.54 Å². The van der Waals surface area contributed by atoms with E-state index in [2.05, 4.69) is 15.9 Å². The third-order valence-electron chi connectivity index (χ3n) is 2.63. The van der Waals surface area contributed by atoms with Gasteiger partial charge in [-0.15, -0.1) is 0 Å². The Morgan fingerprint density at radius 2 is 2.00 bits per heavy atom. The van der Waals surface area contributed by atoms with Gasteiger partial charge in [0, 0.05) is 23.2 Å². The molecule has 100 valence electrons. The summed E-state index contributed by atoms with van der Waals surface area (Å²) in [5.41, 5.74) is 6.50. The molecule has 0 aromatic heterocycles. The van der Waals surface area contributed by atoms with E-state index < -0.39 is 6.10 Å². The Morgan fingerprint density at radius 1 is 1.26 bits per heavy atom. The van der Waals surface area contributed by atoms with Gasteiger partial charge in [0.25, 0.3) is 0 Å². The van der Waals surface area contributed by atoms with E-state index in [0.717, 1.165) is 5.56 Å². The van der Waals surface area contributed by atoms with Crippen LogP contribution in [0.3, 0.4) is 0 Å². The predicted octanol–water partition coefficient (Wildman–Crippen LogP) is 4.32. The number of hydrogen-bond acceptors (Lipinski definition) is 2. The van der Waals surface area contributed by atoms with Crippen LogP contribution < -0.4 is 10.5 Å². The highest BCUT2D eigenvalue weighted by atomic mass is 79.9. The zero-order chi connectivity index (χ0) is 13.8. The first-order chi connectivity index (χ1) is 9.11. The second-order valence-electron chi connectivity index (χ2n) is 3.94. The number of nitrogens with two attached hydrogens (primary N) is 1. The summed E-state index contributed by atoms with van der Waals surface area (Å²) in [6, 6.07) is 11.5. The van der Waals surface area contributed by atoms with Crippen molar-refractivity contribution in [2.24, 2.45) is 5.73 Å². The highest BCUT2D eigenvalue weighted by Crippen LogP contribution is 2.31. The molecule has 0 aliphatic rings. The third kappa shape index (κ3) is 3.47. The normalized spacial score (nSPS) is 12.2. The van der Waals surface area contributed by atoms with Gasteiger partial charge in [-0.25, -0.2) is 4.39 Å². The van der Waals surface area contributed by atoms with Crippen molar-refractivity contribution in [3.05, 3.63) is 63.3 Å². The van der Waals surface area contributed by atoms with Gasteiger partial charge in [0.05, 0.1) is 4.47 Å². The molecule has 2 aromatic carbocycles. The number of rotatable bonds is 4. The Balaban J connectivity index is 2.29. The van der Waals surface area contributed by atoms with Crippen molar-refractivity contribution in [3.63, 3.8) is 0 Å². The lowest BCUT2D eigenvalue weighted by Gasteiger charge is -2.19. The second kappa shape index (κ2) is 6.37. The Hall–Kier alpha value is -1.10. The molecule has 0 bridgehead atoms. The quantitative estimate of drug-likeness (QED) is 0.896. The molecular formula is C14H12BrClFNO. The molecule has 2 nitrogen and oxygen atoms in total. The van der Waals surface area contributed by atoms with Crippen LogP contribution in [0.1, 0.15) is 11.7 Å². The van der Waals surface area contributed by atoms with Crippen molar-refractivity contribution < 1.29 is 9.13 Å². The lowest BCUT2D eigenvalue weighted by Crippen LogP contribution is -2.19. The molecule has 0 heterocycles. The fraction of sp³-hybridized carbons (Fsp3) is 0.143. The Kier molecular flexibility index (Phi) is 4.80. The van der Waals surface area contributed by atoms with Crippen molar-refractivity contribution in [1.82, 2.24) is 0 Å². The Bertz CT molecular complexity index is 579. The monoisotopic (exact) mass is 343 g/mol. The topological polar surface area (TPSA) is 35.2 Å². The van der Waals surface area contributed by atoms with Gasteiger partial charge in [-0.3, -0.25) is 0 Å². The molecule has 0 aliphatic carbocycles. The highest BCUT2D eigenvalue weighted by Gasteiger charge is 2.16. The first-order valence-electron chi connectivity index (χ1n) is 5.68. The summed E-state index contributed by atoms with van der Waals surface area (Å²) in [6.45, 7) is 0.243. The van der Waals surface area contributed by atoms with Gasteiger partial charge in [0.2, 0.25) is 0 Å². The lowest BCUT2D eigenvalue weighted by atomic mass is 10.1. The second-order valence-corrected chi connectivity index (χ2v) is 5.20. The molecule has 0 saturated carbocycles. The van der Waals surface area contributed by atoms with Crippen LogP contribution in [-0.4, -0.2) is 6.54 Å². The van der Waals surface area contributed by atoms with Gasteiger partial charge in [-0.1, -0.05) is 29.8 Å². The molecule has 0 aliphatic heterocycles. The van der Waals surface area contributed by atoms with E-state index in [0.29, 0.717) is 15.2 Å². The summed E-state index contributed by atoms with van der Waals surface area (Å²) in [4.78, 5) is 0. The SMILES string of the molecule is NCC(Oc1cc(F)ccc1Br)c1ccccc1Cl. The molecule has 0 amide bonds. The maximum absolute atomic E-state index is 13.2. The molecule has 1 unspecified atom stereocenters. The minimum Gasteiger partial charge on any atom is -0.483 e. The molecule has 5 heteroatoms. The zero-order valence-electron chi connectivity index (χ0n) is 9.95. The van der Waals surface area contributed by atoms with Crippen LogP contribution in [0.5, 0.6) is 5.75 Å². The molecule has 0 fully saturated rings. The van der Waals surface area contributed by atoms with E-state index in [9.17, 15) is 4.39 Å². The van der Waals surface area contributed by atoms with Gasteiger partial charge < -0.3 is 10.5 Å². The molecule has 2 rings (SSSR count). The van der Waals surface area contributed by atoms with Gasteiger partial charge in [-0.05, 0) is 34.1 Å². The van der Waals surface area contributed by atoms with E-state index in [1.165, 1.54) is 12.1 Å². The van der Waals surface area contributed by atoms with E-state index in [1.807, 2.05) is 18.2 Å². The van der Waals surface area contributed by atoms with Crippen molar-refractivity contribution in [3.8, 4) is 5.75 Å². The van der Waals surface area contributed by atoms with Crippen LogP contribution in [0.25, 0.3) is 0 Å². The van der Waals surface area contributed by atoms with E-state index in [1.54, 1.807) is 12.1 Å². The summed E-state index contributed by atoms with van der Waals surface area (Å²) in [6.07, 6.45) is -0.424. The molecule has 0 radical (unpaired) electrons. The molecular weight excluding hydrogens is 333 g/mol. The minimum absolute atomic E-state index is 0.243. The van der Waals surface area contributed by atoms with Gasteiger partial charge in [0.15, 0.2) is 0 Å². The summed E-state index contributed by atoms with van der Waals surface area (Å²) in [5.74, 6) is 0.0310. The first-order valence-corrected chi connectivity index (χ1v) is 6.85. The van der Waals surface area contributed by atoms with Gasteiger partial charge >= 0.3 is 0 Å². The van der Waals surface area contributed by atoms with Gasteiger partial charge in [-0.2, -0.15) is 0 Å². The smallest absolute Gasteiger partial charge is 0.137 e. The summed E-state index contributed by atoms with van der Waals surface area (Å²) in [7, 11) is 0. The fourth-order valence-corrected chi connectivity index (χ4v) is 2.29. The van der Waals surface area contributed by atoms with Crippen LogP contribution in [-0.2, 0) is 0 Å². The van der Waals surface area contributed by atoms with Crippen molar-refractivity contribution >= 4 is 27.5 Å². The summed E-state index contributed by atoms with van der Waals surface area (Å²) >= 11 is 9.43. The predicted molar refractivity (Wildman–Crippen MR) is 78.0 cm³/mol. The largest absolute Gasteiger partial charge is 0.483 e. The Labute approximate surface area is 124 Å². The lowest BCUT2D eigenvalue weighted by molar-refractivity contribution is 0.212. The average molecular weight is 345 g/mol.